The van der Waals surface area contributed by atoms with Crippen LogP contribution in [-0.4, -0.2) is 5.78 Å². The molecule has 2 nitrogen and oxygen atoms in total. The minimum atomic E-state index is 0.317. The summed E-state index contributed by atoms with van der Waals surface area (Å²) in [7, 11) is 0. The number of hydrogen-bond donors (Lipinski definition) is 0. The molecule has 0 aliphatic heterocycles. The number of rotatable bonds is 5. The van der Waals surface area contributed by atoms with Crippen molar-refractivity contribution in [3.63, 3.8) is 0 Å². The Hall–Kier alpha value is -1.05. The second-order valence-electron chi connectivity index (χ2n) is 4.48. The standard InChI is InChI=1S/C13H18O2/c14-12(10-13-6-3-9-15-13)8-7-11-4-1-2-5-11/h3,6,9,11H,1-2,4-5,7-8,10H2. The summed E-state index contributed by atoms with van der Waals surface area (Å²) in [6, 6.07) is 3.70. The van der Waals surface area contributed by atoms with Crippen LogP contribution in [0.15, 0.2) is 22.8 Å². The second-order valence-corrected chi connectivity index (χ2v) is 4.48. The zero-order valence-corrected chi connectivity index (χ0v) is 9.08. The van der Waals surface area contributed by atoms with Crippen molar-refractivity contribution in [3.8, 4) is 0 Å². The minimum absolute atomic E-state index is 0.317. The molecule has 82 valence electrons. The van der Waals surface area contributed by atoms with Crippen molar-refractivity contribution in [1.29, 1.82) is 0 Å². The third-order valence-electron chi connectivity index (χ3n) is 3.26. The molecule has 1 aromatic heterocycles. The lowest BCUT2D eigenvalue weighted by Gasteiger charge is -2.06. The highest BCUT2D eigenvalue weighted by Crippen LogP contribution is 2.28. The van der Waals surface area contributed by atoms with E-state index >= 15 is 0 Å². The summed E-state index contributed by atoms with van der Waals surface area (Å²) >= 11 is 0. The van der Waals surface area contributed by atoms with Gasteiger partial charge in [-0.05, 0) is 24.5 Å². The summed E-state index contributed by atoms with van der Waals surface area (Å²) in [6.45, 7) is 0. The summed E-state index contributed by atoms with van der Waals surface area (Å²) in [5.41, 5.74) is 0. The SMILES string of the molecule is O=C(CCC1CCCC1)Cc1ccco1. The highest BCUT2D eigenvalue weighted by molar-refractivity contribution is 5.80. The molecule has 0 spiro atoms. The van der Waals surface area contributed by atoms with Gasteiger partial charge >= 0.3 is 0 Å². The highest BCUT2D eigenvalue weighted by atomic mass is 16.3. The first-order valence-electron chi connectivity index (χ1n) is 5.88. The average molecular weight is 206 g/mol. The molecule has 0 bridgehead atoms. The Balaban J connectivity index is 1.68. The zero-order valence-electron chi connectivity index (χ0n) is 9.08. The largest absolute Gasteiger partial charge is 0.469 e. The Morgan fingerprint density at radius 1 is 1.40 bits per heavy atom. The number of furan rings is 1. The molecule has 1 heterocycles. The molecule has 0 amide bonds. The maximum Gasteiger partial charge on any atom is 0.140 e. The van der Waals surface area contributed by atoms with Gasteiger partial charge in [0.2, 0.25) is 0 Å². The van der Waals surface area contributed by atoms with E-state index in [2.05, 4.69) is 0 Å². The molecule has 1 saturated carbocycles. The molecule has 0 N–H and O–H groups in total. The van der Waals surface area contributed by atoms with E-state index in [1.54, 1.807) is 6.26 Å². The van der Waals surface area contributed by atoms with Gasteiger partial charge in [0, 0.05) is 6.42 Å². The summed E-state index contributed by atoms with van der Waals surface area (Å²) in [5.74, 6) is 1.92. The third kappa shape index (κ3) is 3.22. The van der Waals surface area contributed by atoms with E-state index in [0.29, 0.717) is 12.2 Å². The molecule has 0 aromatic carbocycles. The van der Waals surface area contributed by atoms with Crippen molar-refractivity contribution in [1.82, 2.24) is 0 Å². The van der Waals surface area contributed by atoms with E-state index in [0.717, 1.165) is 24.5 Å². The molecular formula is C13H18O2. The molecule has 1 aliphatic rings. The topological polar surface area (TPSA) is 30.2 Å². The van der Waals surface area contributed by atoms with E-state index in [4.69, 9.17) is 4.42 Å². The van der Waals surface area contributed by atoms with E-state index in [1.807, 2.05) is 12.1 Å². The minimum Gasteiger partial charge on any atom is -0.469 e. The van der Waals surface area contributed by atoms with Crippen molar-refractivity contribution in [2.24, 2.45) is 5.92 Å². The van der Waals surface area contributed by atoms with Crippen molar-refractivity contribution < 1.29 is 9.21 Å². The van der Waals surface area contributed by atoms with Crippen molar-refractivity contribution in [3.05, 3.63) is 24.2 Å². The molecule has 15 heavy (non-hydrogen) atoms. The van der Waals surface area contributed by atoms with E-state index < -0.39 is 0 Å². The van der Waals surface area contributed by atoms with E-state index in [1.165, 1.54) is 25.7 Å². The van der Waals surface area contributed by atoms with Gasteiger partial charge in [-0.3, -0.25) is 4.79 Å². The van der Waals surface area contributed by atoms with Crippen LogP contribution in [0.2, 0.25) is 0 Å². The van der Waals surface area contributed by atoms with Crippen LogP contribution < -0.4 is 0 Å². The van der Waals surface area contributed by atoms with Crippen LogP contribution in [0.25, 0.3) is 0 Å². The third-order valence-corrected chi connectivity index (χ3v) is 3.26. The monoisotopic (exact) mass is 206 g/mol. The Morgan fingerprint density at radius 2 is 2.20 bits per heavy atom. The first-order valence-corrected chi connectivity index (χ1v) is 5.88. The van der Waals surface area contributed by atoms with Gasteiger partial charge in [0.25, 0.3) is 0 Å². The smallest absolute Gasteiger partial charge is 0.140 e. The normalized spacial score (nSPS) is 17.1. The van der Waals surface area contributed by atoms with Gasteiger partial charge in [0.1, 0.15) is 11.5 Å². The number of hydrogen-bond acceptors (Lipinski definition) is 2. The van der Waals surface area contributed by atoms with Gasteiger partial charge in [-0.2, -0.15) is 0 Å². The maximum atomic E-state index is 11.6. The van der Waals surface area contributed by atoms with Crippen LogP contribution in [0.4, 0.5) is 0 Å². The summed E-state index contributed by atoms with van der Waals surface area (Å²) < 4.78 is 5.16. The molecule has 1 aliphatic carbocycles. The number of Topliss-reactive ketones (excluding diaryl/α,β-unsaturated/α-hetero) is 1. The summed E-state index contributed by atoms with van der Waals surface area (Å²) in [5, 5.41) is 0. The number of carbonyl (C=O) groups excluding carboxylic acids is 1. The molecule has 2 rings (SSSR count). The summed E-state index contributed by atoms with van der Waals surface area (Å²) in [4.78, 5) is 11.6. The van der Waals surface area contributed by atoms with Crippen molar-refractivity contribution in [2.75, 3.05) is 0 Å². The predicted octanol–water partition coefficient (Wildman–Crippen LogP) is 3.36. The highest BCUT2D eigenvalue weighted by Gasteiger charge is 2.16. The van der Waals surface area contributed by atoms with Gasteiger partial charge < -0.3 is 4.42 Å². The van der Waals surface area contributed by atoms with Gasteiger partial charge in [-0.1, -0.05) is 25.7 Å². The van der Waals surface area contributed by atoms with Crippen LogP contribution in [0.3, 0.4) is 0 Å². The van der Waals surface area contributed by atoms with Gasteiger partial charge in [-0.25, -0.2) is 0 Å². The van der Waals surface area contributed by atoms with E-state index in [-0.39, 0.29) is 0 Å². The lowest BCUT2D eigenvalue weighted by Crippen LogP contribution is -2.04. The lowest BCUT2D eigenvalue weighted by atomic mass is 9.99. The molecule has 1 aromatic rings. The molecular weight excluding hydrogens is 188 g/mol. The maximum absolute atomic E-state index is 11.6. The first-order chi connectivity index (χ1) is 7.34. The lowest BCUT2D eigenvalue weighted by molar-refractivity contribution is -0.118. The van der Waals surface area contributed by atoms with Crippen LogP contribution in [0, 0.1) is 5.92 Å². The van der Waals surface area contributed by atoms with Gasteiger partial charge in [0.15, 0.2) is 0 Å². The van der Waals surface area contributed by atoms with Crippen LogP contribution in [-0.2, 0) is 11.2 Å². The van der Waals surface area contributed by atoms with Gasteiger partial charge in [-0.15, -0.1) is 0 Å². The van der Waals surface area contributed by atoms with Crippen molar-refractivity contribution >= 4 is 5.78 Å². The molecule has 0 unspecified atom stereocenters. The Bertz CT molecular complexity index is 294. The first kappa shape index (κ1) is 10.5. The average Bonchev–Trinajstić information content (AvgIpc) is 2.86. The molecule has 1 fully saturated rings. The fourth-order valence-corrected chi connectivity index (χ4v) is 2.36. The molecule has 0 radical (unpaired) electrons. The fourth-order valence-electron chi connectivity index (χ4n) is 2.36. The predicted molar refractivity (Wildman–Crippen MR) is 58.6 cm³/mol. The molecule has 2 heteroatoms. The van der Waals surface area contributed by atoms with Crippen LogP contribution in [0.1, 0.15) is 44.3 Å². The Labute approximate surface area is 90.7 Å². The Kier molecular flexibility index (Phi) is 3.59. The fraction of sp³-hybridized carbons (Fsp3) is 0.615. The second kappa shape index (κ2) is 5.15. The van der Waals surface area contributed by atoms with Crippen LogP contribution >= 0.6 is 0 Å². The van der Waals surface area contributed by atoms with Gasteiger partial charge in [0.05, 0.1) is 12.7 Å². The quantitative estimate of drug-likeness (QED) is 0.739. The molecule has 0 atom stereocenters. The molecule has 0 saturated heterocycles. The van der Waals surface area contributed by atoms with Crippen molar-refractivity contribution in [2.45, 2.75) is 44.9 Å². The van der Waals surface area contributed by atoms with E-state index in [9.17, 15) is 4.79 Å². The Morgan fingerprint density at radius 3 is 2.87 bits per heavy atom. The number of carbonyl (C=O) groups is 1. The number of ketones is 1. The van der Waals surface area contributed by atoms with Crippen LogP contribution in [0.5, 0.6) is 0 Å². The summed E-state index contributed by atoms with van der Waals surface area (Å²) in [6.07, 6.45) is 9.28. The zero-order chi connectivity index (χ0) is 10.5.